The zero-order valence-electron chi connectivity index (χ0n) is 10.5. The zero-order chi connectivity index (χ0) is 13.1. The van der Waals surface area contributed by atoms with E-state index in [1.54, 1.807) is 29.4 Å². The first-order chi connectivity index (χ1) is 9.34. The Labute approximate surface area is 111 Å². The molecule has 0 saturated heterocycles. The van der Waals surface area contributed by atoms with E-state index in [2.05, 4.69) is 4.98 Å². The van der Waals surface area contributed by atoms with E-state index in [1.165, 1.54) is 0 Å². The number of amides is 1. The van der Waals surface area contributed by atoms with Gasteiger partial charge >= 0.3 is 0 Å². The van der Waals surface area contributed by atoms with Crippen molar-refractivity contribution in [1.29, 1.82) is 0 Å². The summed E-state index contributed by atoms with van der Waals surface area (Å²) >= 11 is 0. The molecule has 0 aliphatic carbocycles. The van der Waals surface area contributed by atoms with Gasteiger partial charge in [0.05, 0.1) is 12.1 Å². The molecule has 0 radical (unpaired) electrons. The molecule has 0 N–H and O–H groups in total. The van der Waals surface area contributed by atoms with Crippen molar-refractivity contribution in [3.63, 3.8) is 0 Å². The van der Waals surface area contributed by atoms with E-state index in [4.69, 9.17) is 4.74 Å². The van der Waals surface area contributed by atoms with Gasteiger partial charge in [-0.2, -0.15) is 0 Å². The molecule has 0 fully saturated rings. The molecule has 4 heteroatoms. The fraction of sp³-hybridized carbons (Fsp3) is 0.200. The van der Waals surface area contributed by atoms with Gasteiger partial charge in [0.15, 0.2) is 0 Å². The Morgan fingerprint density at radius 3 is 2.95 bits per heavy atom. The third-order valence-electron chi connectivity index (χ3n) is 3.15. The largest absolute Gasteiger partial charge is 0.491 e. The summed E-state index contributed by atoms with van der Waals surface area (Å²) in [6, 6.07) is 11.4. The van der Waals surface area contributed by atoms with Crippen LogP contribution in [0.1, 0.15) is 15.9 Å². The van der Waals surface area contributed by atoms with Gasteiger partial charge in [0.25, 0.3) is 5.91 Å². The predicted molar refractivity (Wildman–Crippen MR) is 70.9 cm³/mol. The molecule has 0 saturated carbocycles. The summed E-state index contributed by atoms with van der Waals surface area (Å²) in [5.41, 5.74) is 1.65. The van der Waals surface area contributed by atoms with Gasteiger partial charge in [0.1, 0.15) is 12.4 Å². The lowest BCUT2D eigenvalue weighted by Crippen LogP contribution is -2.32. The first-order valence-electron chi connectivity index (χ1n) is 6.24. The molecule has 2 aromatic rings. The van der Waals surface area contributed by atoms with Crippen LogP contribution in [0.25, 0.3) is 0 Å². The quantitative estimate of drug-likeness (QED) is 0.782. The van der Waals surface area contributed by atoms with Crippen molar-refractivity contribution in [2.45, 2.75) is 6.54 Å². The first kappa shape index (κ1) is 11.7. The second-order valence-corrected chi connectivity index (χ2v) is 4.42. The van der Waals surface area contributed by atoms with Crippen molar-refractivity contribution in [2.24, 2.45) is 0 Å². The Morgan fingerprint density at radius 1 is 1.21 bits per heavy atom. The summed E-state index contributed by atoms with van der Waals surface area (Å²) in [6.45, 7) is 1.68. The minimum Gasteiger partial charge on any atom is -0.491 e. The van der Waals surface area contributed by atoms with Crippen LogP contribution in [0.2, 0.25) is 0 Å². The number of nitrogens with zero attached hydrogens (tertiary/aromatic N) is 2. The molecule has 0 unspecified atom stereocenters. The van der Waals surface area contributed by atoms with E-state index in [9.17, 15) is 4.79 Å². The molecule has 0 bridgehead atoms. The smallest absolute Gasteiger partial charge is 0.255 e. The van der Waals surface area contributed by atoms with Gasteiger partial charge in [-0.25, -0.2) is 0 Å². The van der Waals surface area contributed by atoms with Crippen LogP contribution in [0.4, 0.5) is 0 Å². The zero-order valence-corrected chi connectivity index (χ0v) is 10.5. The molecular weight excluding hydrogens is 240 g/mol. The Kier molecular flexibility index (Phi) is 3.14. The fourth-order valence-corrected chi connectivity index (χ4v) is 2.17. The lowest BCUT2D eigenvalue weighted by Gasteiger charge is -2.19. The maximum Gasteiger partial charge on any atom is 0.255 e. The number of fused-ring (bicyclic) bond motifs is 1. The number of hydrogen-bond acceptors (Lipinski definition) is 3. The van der Waals surface area contributed by atoms with Crippen LogP contribution < -0.4 is 4.74 Å². The Morgan fingerprint density at radius 2 is 2.11 bits per heavy atom. The van der Waals surface area contributed by atoms with Gasteiger partial charge < -0.3 is 9.64 Å². The van der Waals surface area contributed by atoms with Gasteiger partial charge in [0, 0.05) is 24.5 Å². The summed E-state index contributed by atoms with van der Waals surface area (Å²) in [6.07, 6.45) is 3.26. The molecule has 1 amide bonds. The molecule has 96 valence electrons. The molecule has 3 rings (SSSR count). The number of carbonyl (C=O) groups excluding carboxylic acids is 1. The summed E-state index contributed by atoms with van der Waals surface area (Å²) < 4.78 is 5.66. The van der Waals surface area contributed by atoms with E-state index in [-0.39, 0.29) is 5.91 Å². The highest BCUT2D eigenvalue weighted by atomic mass is 16.5. The van der Waals surface area contributed by atoms with E-state index in [0.717, 1.165) is 11.3 Å². The SMILES string of the molecule is O=C(c1cccnc1)N1CCOc2ccccc2C1. The molecule has 0 spiro atoms. The second kappa shape index (κ2) is 5.10. The Balaban J connectivity index is 1.85. The number of para-hydroxylation sites is 1. The minimum absolute atomic E-state index is 0.00611. The number of aromatic nitrogens is 1. The molecule has 1 aromatic carbocycles. The van der Waals surface area contributed by atoms with Crippen LogP contribution in [0.15, 0.2) is 48.8 Å². The molecule has 1 aliphatic heterocycles. The molecule has 2 heterocycles. The van der Waals surface area contributed by atoms with Crippen LogP contribution in [0.5, 0.6) is 5.75 Å². The number of benzene rings is 1. The van der Waals surface area contributed by atoms with Crippen LogP contribution in [0, 0.1) is 0 Å². The lowest BCUT2D eigenvalue weighted by atomic mass is 10.1. The summed E-state index contributed by atoms with van der Waals surface area (Å²) in [5.74, 6) is 0.859. The number of carbonyl (C=O) groups is 1. The molecule has 1 aromatic heterocycles. The van der Waals surface area contributed by atoms with E-state index in [1.807, 2.05) is 24.3 Å². The van der Waals surface area contributed by atoms with Gasteiger partial charge in [-0.05, 0) is 18.2 Å². The lowest BCUT2D eigenvalue weighted by molar-refractivity contribution is 0.0733. The van der Waals surface area contributed by atoms with Crippen LogP contribution in [-0.2, 0) is 6.54 Å². The minimum atomic E-state index is -0.00611. The monoisotopic (exact) mass is 254 g/mol. The third-order valence-corrected chi connectivity index (χ3v) is 3.15. The highest BCUT2D eigenvalue weighted by Crippen LogP contribution is 2.23. The maximum atomic E-state index is 12.4. The average molecular weight is 254 g/mol. The summed E-state index contributed by atoms with van der Waals surface area (Å²) in [7, 11) is 0. The Hall–Kier alpha value is -2.36. The highest BCUT2D eigenvalue weighted by Gasteiger charge is 2.20. The molecule has 19 heavy (non-hydrogen) atoms. The average Bonchev–Trinajstić information content (AvgIpc) is 2.69. The third kappa shape index (κ3) is 2.42. The molecule has 0 atom stereocenters. The van der Waals surface area contributed by atoms with Crippen LogP contribution in [0.3, 0.4) is 0 Å². The fourth-order valence-electron chi connectivity index (χ4n) is 2.17. The van der Waals surface area contributed by atoms with Crippen molar-refractivity contribution in [3.05, 3.63) is 59.9 Å². The highest BCUT2D eigenvalue weighted by molar-refractivity contribution is 5.93. The number of ether oxygens (including phenoxy) is 1. The topological polar surface area (TPSA) is 42.4 Å². The van der Waals surface area contributed by atoms with Gasteiger partial charge in [-0.1, -0.05) is 18.2 Å². The van der Waals surface area contributed by atoms with Gasteiger partial charge in [-0.15, -0.1) is 0 Å². The molecular formula is C15H14N2O2. The Bertz CT molecular complexity index is 584. The van der Waals surface area contributed by atoms with Crippen molar-refractivity contribution in [3.8, 4) is 5.75 Å². The van der Waals surface area contributed by atoms with E-state index < -0.39 is 0 Å². The van der Waals surface area contributed by atoms with Crippen LogP contribution in [-0.4, -0.2) is 28.9 Å². The van der Waals surface area contributed by atoms with Crippen molar-refractivity contribution in [2.75, 3.05) is 13.2 Å². The number of rotatable bonds is 1. The van der Waals surface area contributed by atoms with Crippen molar-refractivity contribution >= 4 is 5.91 Å². The number of hydrogen-bond donors (Lipinski definition) is 0. The standard InChI is InChI=1S/C15H14N2O2/c18-15(12-5-3-7-16-10-12)17-8-9-19-14-6-2-1-4-13(14)11-17/h1-7,10H,8-9,11H2. The maximum absolute atomic E-state index is 12.4. The summed E-state index contributed by atoms with van der Waals surface area (Å²) in [4.78, 5) is 18.2. The normalized spacial score (nSPS) is 14.2. The second-order valence-electron chi connectivity index (χ2n) is 4.42. The van der Waals surface area contributed by atoms with Gasteiger partial charge in [0.2, 0.25) is 0 Å². The van der Waals surface area contributed by atoms with Gasteiger partial charge in [-0.3, -0.25) is 9.78 Å². The van der Waals surface area contributed by atoms with E-state index >= 15 is 0 Å². The first-order valence-corrected chi connectivity index (χ1v) is 6.24. The molecule has 1 aliphatic rings. The summed E-state index contributed by atoms with van der Waals surface area (Å²) in [5, 5.41) is 0. The van der Waals surface area contributed by atoms with Crippen molar-refractivity contribution in [1.82, 2.24) is 9.88 Å². The van der Waals surface area contributed by atoms with E-state index in [0.29, 0.717) is 25.3 Å². The van der Waals surface area contributed by atoms with Crippen molar-refractivity contribution < 1.29 is 9.53 Å². The predicted octanol–water partition coefficient (Wildman–Crippen LogP) is 2.12. The molecule has 4 nitrogen and oxygen atoms in total. The van der Waals surface area contributed by atoms with Crippen LogP contribution >= 0.6 is 0 Å². The number of pyridine rings is 1.